The van der Waals surface area contributed by atoms with Gasteiger partial charge in [-0.3, -0.25) is 0 Å². The van der Waals surface area contributed by atoms with Gasteiger partial charge in [0.05, 0.1) is 6.61 Å². The summed E-state index contributed by atoms with van der Waals surface area (Å²) in [4.78, 5) is 0. The van der Waals surface area contributed by atoms with Crippen molar-refractivity contribution in [2.45, 2.75) is 32.0 Å². The Balaban J connectivity index is 1.54. The molecular formula is C20H23N3OS. The van der Waals surface area contributed by atoms with Gasteiger partial charge in [0.1, 0.15) is 11.6 Å². The van der Waals surface area contributed by atoms with E-state index >= 15 is 0 Å². The van der Waals surface area contributed by atoms with Crippen LogP contribution in [0, 0.1) is 6.92 Å². The second-order valence-electron chi connectivity index (χ2n) is 5.82. The lowest BCUT2D eigenvalue weighted by molar-refractivity contribution is 0.343. The minimum Gasteiger partial charge on any atom is -0.493 e. The molecule has 1 aromatic heterocycles. The molecule has 5 heteroatoms. The molecule has 0 bridgehead atoms. The highest BCUT2D eigenvalue weighted by Crippen LogP contribution is 2.19. The summed E-state index contributed by atoms with van der Waals surface area (Å²) in [5, 5.41) is 9.70. The highest BCUT2D eigenvalue weighted by molar-refractivity contribution is 7.99. The van der Waals surface area contributed by atoms with Gasteiger partial charge >= 0.3 is 0 Å². The first-order chi connectivity index (χ1) is 12.3. The minimum absolute atomic E-state index is 0.651. The first kappa shape index (κ1) is 17.5. The third kappa shape index (κ3) is 4.86. The van der Waals surface area contributed by atoms with Crippen LogP contribution in [0.1, 0.15) is 23.9 Å². The molecule has 0 unspecified atom stereocenters. The predicted octanol–water partition coefficient (Wildman–Crippen LogP) is 4.37. The number of rotatable bonds is 8. The fourth-order valence-electron chi connectivity index (χ4n) is 2.58. The molecule has 0 saturated carbocycles. The third-order valence-corrected chi connectivity index (χ3v) is 4.85. The summed E-state index contributed by atoms with van der Waals surface area (Å²) in [5.74, 6) is 2.76. The molecular weight excluding hydrogens is 330 g/mol. The average molecular weight is 353 g/mol. The molecule has 0 aliphatic carbocycles. The lowest BCUT2D eigenvalue weighted by Crippen LogP contribution is -2.06. The van der Waals surface area contributed by atoms with Crippen molar-refractivity contribution in [3.63, 3.8) is 0 Å². The van der Waals surface area contributed by atoms with Gasteiger partial charge in [-0.2, -0.15) is 0 Å². The molecule has 25 heavy (non-hydrogen) atoms. The van der Waals surface area contributed by atoms with Crippen molar-refractivity contribution >= 4 is 11.8 Å². The number of aromatic nitrogens is 3. The van der Waals surface area contributed by atoms with Crippen LogP contribution in [0.2, 0.25) is 0 Å². The second-order valence-corrected chi connectivity index (χ2v) is 6.88. The summed E-state index contributed by atoms with van der Waals surface area (Å²) in [6.07, 6.45) is 0.808. The summed E-state index contributed by atoms with van der Waals surface area (Å²) < 4.78 is 7.96. The van der Waals surface area contributed by atoms with Crippen LogP contribution in [0.25, 0.3) is 0 Å². The van der Waals surface area contributed by atoms with Crippen molar-refractivity contribution in [3.8, 4) is 5.75 Å². The fourth-order valence-corrected chi connectivity index (χ4v) is 3.42. The van der Waals surface area contributed by atoms with Crippen molar-refractivity contribution in [1.82, 2.24) is 14.8 Å². The quantitative estimate of drug-likeness (QED) is 0.445. The van der Waals surface area contributed by atoms with E-state index in [1.165, 1.54) is 11.1 Å². The van der Waals surface area contributed by atoms with E-state index in [1.54, 1.807) is 11.8 Å². The summed E-state index contributed by atoms with van der Waals surface area (Å²) >= 11 is 1.69. The van der Waals surface area contributed by atoms with E-state index in [2.05, 4.69) is 65.0 Å². The van der Waals surface area contributed by atoms with E-state index in [4.69, 9.17) is 4.74 Å². The zero-order valence-electron chi connectivity index (χ0n) is 14.7. The molecule has 0 amide bonds. The van der Waals surface area contributed by atoms with E-state index in [0.29, 0.717) is 6.61 Å². The van der Waals surface area contributed by atoms with E-state index < -0.39 is 0 Å². The Morgan fingerprint density at radius 1 is 1.00 bits per heavy atom. The maximum absolute atomic E-state index is 5.78. The summed E-state index contributed by atoms with van der Waals surface area (Å²) in [5.41, 5.74) is 2.49. The number of hydrogen-bond acceptors (Lipinski definition) is 4. The molecule has 1 heterocycles. The number of benzene rings is 2. The van der Waals surface area contributed by atoms with Crippen LogP contribution in [-0.2, 0) is 13.0 Å². The van der Waals surface area contributed by atoms with Crippen LogP contribution in [0.3, 0.4) is 0 Å². The van der Waals surface area contributed by atoms with Crippen molar-refractivity contribution in [3.05, 3.63) is 71.5 Å². The summed E-state index contributed by atoms with van der Waals surface area (Å²) in [6.45, 7) is 5.73. The van der Waals surface area contributed by atoms with Gasteiger partial charge in [-0.25, -0.2) is 0 Å². The van der Waals surface area contributed by atoms with Gasteiger partial charge in [0.2, 0.25) is 0 Å². The Labute approximate surface area is 153 Å². The minimum atomic E-state index is 0.651. The maximum atomic E-state index is 5.78. The molecule has 0 aliphatic heterocycles. The second kappa shape index (κ2) is 8.72. The molecule has 0 saturated heterocycles. The summed E-state index contributed by atoms with van der Waals surface area (Å²) in [6, 6.07) is 18.5. The molecule has 2 aromatic carbocycles. The van der Waals surface area contributed by atoms with Crippen molar-refractivity contribution in [1.29, 1.82) is 0 Å². The van der Waals surface area contributed by atoms with Crippen LogP contribution in [-0.4, -0.2) is 27.1 Å². The van der Waals surface area contributed by atoms with Gasteiger partial charge in [0.15, 0.2) is 5.16 Å². The van der Waals surface area contributed by atoms with E-state index in [0.717, 1.165) is 35.4 Å². The monoisotopic (exact) mass is 353 g/mol. The highest BCUT2D eigenvalue weighted by atomic mass is 32.2. The van der Waals surface area contributed by atoms with Crippen LogP contribution < -0.4 is 4.74 Å². The highest BCUT2D eigenvalue weighted by Gasteiger charge is 2.11. The molecule has 4 nitrogen and oxygen atoms in total. The van der Waals surface area contributed by atoms with E-state index in [1.807, 2.05) is 18.2 Å². The van der Waals surface area contributed by atoms with Crippen molar-refractivity contribution in [2.24, 2.45) is 0 Å². The average Bonchev–Trinajstić information content (AvgIpc) is 3.02. The number of hydrogen-bond donors (Lipinski definition) is 0. The molecule has 0 atom stereocenters. The molecule has 3 aromatic rings. The number of nitrogens with zero attached hydrogens (tertiary/aromatic N) is 3. The molecule has 0 N–H and O–H groups in total. The third-order valence-electron chi connectivity index (χ3n) is 3.92. The summed E-state index contributed by atoms with van der Waals surface area (Å²) in [7, 11) is 0. The van der Waals surface area contributed by atoms with Gasteiger partial charge in [-0.1, -0.05) is 59.8 Å². The normalized spacial score (nSPS) is 10.8. The Bertz CT molecular complexity index is 784. The van der Waals surface area contributed by atoms with Gasteiger partial charge < -0.3 is 9.30 Å². The number of ether oxygens (including phenoxy) is 1. The van der Waals surface area contributed by atoms with Crippen molar-refractivity contribution < 1.29 is 4.74 Å². The largest absolute Gasteiger partial charge is 0.493 e. The van der Waals surface area contributed by atoms with Crippen LogP contribution in [0.15, 0.2) is 59.8 Å². The Hall–Kier alpha value is -2.27. The van der Waals surface area contributed by atoms with Gasteiger partial charge in [0, 0.05) is 18.7 Å². The van der Waals surface area contributed by atoms with E-state index in [-0.39, 0.29) is 0 Å². The zero-order chi connectivity index (χ0) is 17.5. The lowest BCUT2D eigenvalue weighted by atomic mass is 10.1. The number of thioether (sulfide) groups is 1. The van der Waals surface area contributed by atoms with Gasteiger partial charge in [-0.15, -0.1) is 10.2 Å². The van der Waals surface area contributed by atoms with E-state index in [9.17, 15) is 0 Å². The maximum Gasteiger partial charge on any atom is 0.191 e. The topological polar surface area (TPSA) is 39.9 Å². The van der Waals surface area contributed by atoms with Crippen LogP contribution in [0.5, 0.6) is 5.75 Å². The molecule has 3 rings (SSSR count). The molecule has 130 valence electrons. The molecule has 0 spiro atoms. The van der Waals surface area contributed by atoms with Gasteiger partial charge in [0.25, 0.3) is 0 Å². The Kier molecular flexibility index (Phi) is 6.12. The van der Waals surface area contributed by atoms with Crippen LogP contribution in [0.4, 0.5) is 0 Å². The Morgan fingerprint density at radius 2 is 1.76 bits per heavy atom. The predicted molar refractivity (Wildman–Crippen MR) is 102 cm³/mol. The Morgan fingerprint density at radius 3 is 2.48 bits per heavy atom. The molecule has 0 fully saturated rings. The van der Waals surface area contributed by atoms with Gasteiger partial charge in [-0.05, 0) is 31.5 Å². The standard InChI is InChI=1S/C20H23N3OS/c1-3-23-19(15-17-7-5-4-6-8-17)21-22-20(23)25-14-13-24-18-11-9-16(2)10-12-18/h4-12H,3,13-15H2,1-2H3. The molecule has 0 aliphatic rings. The zero-order valence-corrected chi connectivity index (χ0v) is 15.5. The lowest BCUT2D eigenvalue weighted by Gasteiger charge is -2.08. The first-order valence-electron chi connectivity index (χ1n) is 8.54. The molecule has 0 radical (unpaired) electrons. The first-order valence-corrected chi connectivity index (χ1v) is 9.53. The van der Waals surface area contributed by atoms with Crippen LogP contribution >= 0.6 is 11.8 Å². The number of aryl methyl sites for hydroxylation is 1. The smallest absolute Gasteiger partial charge is 0.191 e. The SMILES string of the molecule is CCn1c(Cc2ccccc2)nnc1SCCOc1ccc(C)cc1. The van der Waals surface area contributed by atoms with Crippen molar-refractivity contribution in [2.75, 3.05) is 12.4 Å². The fraction of sp³-hybridized carbons (Fsp3) is 0.300.